The van der Waals surface area contributed by atoms with Crippen LogP contribution in [0.15, 0.2) is 4.99 Å². The second-order valence-corrected chi connectivity index (χ2v) is 7.23. The Hall–Kier alpha value is -0.400. The number of amidine groups is 1. The largest absolute Gasteiger partial charge is 0.375 e. The van der Waals surface area contributed by atoms with Gasteiger partial charge in [-0.3, -0.25) is 5.41 Å². The lowest BCUT2D eigenvalue weighted by molar-refractivity contribution is -0.0804. The number of nitrogens with zero attached hydrogens (tertiary/aromatic N) is 1. The molecule has 0 aromatic carbocycles. The minimum atomic E-state index is -0.0386. The van der Waals surface area contributed by atoms with Gasteiger partial charge >= 0.3 is 0 Å². The number of ether oxygens (including phenoxy) is 1. The summed E-state index contributed by atoms with van der Waals surface area (Å²) < 4.78 is 6.02. The van der Waals surface area contributed by atoms with Gasteiger partial charge in [-0.25, -0.2) is 0 Å². The first-order valence-electron chi connectivity index (χ1n) is 6.16. The van der Waals surface area contributed by atoms with Crippen molar-refractivity contribution in [3.8, 4) is 0 Å². The molecule has 102 valence electrons. The van der Waals surface area contributed by atoms with Crippen LogP contribution in [0.1, 0.15) is 25.7 Å². The van der Waals surface area contributed by atoms with Crippen LogP contribution < -0.4 is 11.5 Å². The number of hydrogen-bond donors (Lipinski definition) is 3. The van der Waals surface area contributed by atoms with E-state index in [0.717, 1.165) is 32.3 Å². The fraction of sp³-hybridized carbons (Fsp3) is 0.818. The minimum Gasteiger partial charge on any atom is -0.375 e. The molecule has 0 aromatic rings. The molecule has 7 heteroatoms. The van der Waals surface area contributed by atoms with Gasteiger partial charge in [0.05, 0.1) is 5.60 Å². The molecule has 2 aliphatic heterocycles. The van der Waals surface area contributed by atoms with Crippen LogP contribution in [0.5, 0.6) is 0 Å². The molecule has 5 nitrogen and oxygen atoms in total. The molecule has 0 saturated carbocycles. The molecule has 2 saturated heterocycles. The molecule has 1 atom stereocenters. The van der Waals surface area contributed by atoms with Crippen molar-refractivity contribution in [2.24, 2.45) is 16.5 Å². The highest BCUT2D eigenvalue weighted by Gasteiger charge is 2.39. The second-order valence-electron chi connectivity index (χ2n) is 4.72. The Morgan fingerprint density at radius 1 is 1.39 bits per heavy atom. The number of nitrogens with two attached hydrogens (primary N) is 2. The second kappa shape index (κ2) is 6.16. The third-order valence-corrected chi connectivity index (χ3v) is 5.40. The summed E-state index contributed by atoms with van der Waals surface area (Å²) in [6.07, 6.45) is 4.25. The van der Waals surface area contributed by atoms with E-state index < -0.39 is 0 Å². The number of rotatable bonds is 1. The van der Waals surface area contributed by atoms with Crippen molar-refractivity contribution < 1.29 is 4.74 Å². The summed E-state index contributed by atoms with van der Waals surface area (Å²) >= 11 is 3.47. The van der Waals surface area contributed by atoms with Crippen LogP contribution >= 0.6 is 23.5 Å². The maximum absolute atomic E-state index is 7.73. The van der Waals surface area contributed by atoms with Crippen LogP contribution in [-0.4, -0.2) is 40.1 Å². The average Bonchev–Trinajstić information content (AvgIpc) is 2.28. The van der Waals surface area contributed by atoms with Gasteiger partial charge in [-0.15, -0.1) is 0 Å². The fourth-order valence-electron chi connectivity index (χ4n) is 2.48. The van der Waals surface area contributed by atoms with Crippen LogP contribution in [0.3, 0.4) is 0 Å². The summed E-state index contributed by atoms with van der Waals surface area (Å²) in [5, 5.41) is 8.34. The van der Waals surface area contributed by atoms with E-state index in [1.54, 1.807) is 0 Å². The first-order valence-corrected chi connectivity index (χ1v) is 8.20. The lowest BCUT2D eigenvalue weighted by Crippen LogP contribution is -2.44. The van der Waals surface area contributed by atoms with Crippen LogP contribution in [0.25, 0.3) is 0 Å². The standard InChI is InChI=1S/C11H20N4OS2/c12-9(13)15-10(14)18-8-1-4-16-11(7-8)2-5-17-6-3-11/h8H,1-7H2,(H5,12,13,14,15). The first kappa shape index (κ1) is 14.0. The summed E-state index contributed by atoms with van der Waals surface area (Å²) in [4.78, 5) is 3.78. The average molecular weight is 288 g/mol. The predicted molar refractivity (Wildman–Crippen MR) is 79.4 cm³/mol. The van der Waals surface area contributed by atoms with Crippen LogP contribution in [0.2, 0.25) is 0 Å². The zero-order chi connectivity index (χ0) is 13.0. The summed E-state index contributed by atoms with van der Waals surface area (Å²) in [6.45, 7) is 0.789. The summed E-state index contributed by atoms with van der Waals surface area (Å²) in [6, 6.07) is 0. The zero-order valence-corrected chi connectivity index (χ0v) is 12.0. The molecule has 0 amide bonds. The van der Waals surface area contributed by atoms with E-state index in [0.29, 0.717) is 5.25 Å². The van der Waals surface area contributed by atoms with Gasteiger partial charge in [0.1, 0.15) is 0 Å². The molecule has 0 radical (unpaired) electrons. The monoisotopic (exact) mass is 288 g/mol. The Balaban J connectivity index is 1.90. The van der Waals surface area contributed by atoms with Crippen LogP contribution in [-0.2, 0) is 4.74 Å². The van der Waals surface area contributed by atoms with E-state index in [2.05, 4.69) is 4.99 Å². The van der Waals surface area contributed by atoms with Crippen molar-refractivity contribution in [3.63, 3.8) is 0 Å². The van der Waals surface area contributed by atoms with Gasteiger partial charge < -0.3 is 16.2 Å². The van der Waals surface area contributed by atoms with Crippen molar-refractivity contribution in [2.45, 2.75) is 36.5 Å². The smallest absolute Gasteiger partial charge is 0.193 e. The number of thioether (sulfide) groups is 2. The van der Waals surface area contributed by atoms with Gasteiger partial charge in [0.2, 0.25) is 0 Å². The summed E-state index contributed by atoms with van der Waals surface area (Å²) in [7, 11) is 0. The molecule has 0 aromatic heterocycles. The highest BCUT2D eigenvalue weighted by Crippen LogP contribution is 2.41. The van der Waals surface area contributed by atoms with Crippen LogP contribution in [0, 0.1) is 5.41 Å². The Labute approximate surface area is 116 Å². The van der Waals surface area contributed by atoms with E-state index in [9.17, 15) is 0 Å². The molecule has 0 bridgehead atoms. The van der Waals surface area contributed by atoms with E-state index in [1.165, 1.54) is 23.3 Å². The third kappa shape index (κ3) is 3.80. The van der Waals surface area contributed by atoms with Crippen molar-refractivity contribution in [1.29, 1.82) is 5.41 Å². The van der Waals surface area contributed by atoms with E-state index in [1.807, 2.05) is 11.8 Å². The molecule has 18 heavy (non-hydrogen) atoms. The highest BCUT2D eigenvalue weighted by atomic mass is 32.2. The minimum absolute atomic E-state index is 0.0386. The number of nitrogens with one attached hydrogen (secondary N) is 1. The molecular weight excluding hydrogens is 268 g/mol. The summed E-state index contributed by atoms with van der Waals surface area (Å²) in [5.41, 5.74) is 10.6. The lowest BCUT2D eigenvalue weighted by atomic mass is 9.88. The fourth-order valence-corrected chi connectivity index (χ4v) is 4.79. The predicted octanol–water partition coefficient (Wildman–Crippen LogP) is 1.37. The van der Waals surface area contributed by atoms with Crippen LogP contribution in [0.4, 0.5) is 0 Å². The first-order chi connectivity index (χ1) is 8.60. The number of guanidine groups is 1. The Morgan fingerprint density at radius 2 is 2.11 bits per heavy atom. The maximum atomic E-state index is 7.73. The lowest BCUT2D eigenvalue weighted by Gasteiger charge is -2.42. The molecule has 1 spiro atoms. The van der Waals surface area contributed by atoms with Gasteiger partial charge in [0, 0.05) is 11.9 Å². The van der Waals surface area contributed by atoms with E-state index in [-0.39, 0.29) is 16.7 Å². The van der Waals surface area contributed by atoms with E-state index in [4.69, 9.17) is 21.6 Å². The Morgan fingerprint density at radius 3 is 2.78 bits per heavy atom. The summed E-state index contributed by atoms with van der Waals surface area (Å²) in [5.74, 6) is 2.33. The normalized spacial score (nSPS) is 26.8. The zero-order valence-electron chi connectivity index (χ0n) is 10.4. The van der Waals surface area contributed by atoms with Crippen molar-refractivity contribution in [3.05, 3.63) is 0 Å². The van der Waals surface area contributed by atoms with Gasteiger partial charge in [0.15, 0.2) is 11.1 Å². The molecule has 5 N–H and O–H groups in total. The molecule has 2 rings (SSSR count). The van der Waals surface area contributed by atoms with Gasteiger partial charge in [-0.05, 0) is 37.2 Å². The van der Waals surface area contributed by atoms with Crippen molar-refractivity contribution >= 4 is 34.7 Å². The van der Waals surface area contributed by atoms with Crippen molar-refractivity contribution in [2.75, 3.05) is 18.1 Å². The molecule has 2 aliphatic rings. The van der Waals surface area contributed by atoms with Crippen molar-refractivity contribution in [1.82, 2.24) is 0 Å². The van der Waals surface area contributed by atoms with Gasteiger partial charge in [0.25, 0.3) is 0 Å². The maximum Gasteiger partial charge on any atom is 0.193 e. The Bertz CT molecular complexity index is 332. The Kier molecular flexibility index (Phi) is 4.80. The molecular formula is C11H20N4OS2. The van der Waals surface area contributed by atoms with E-state index >= 15 is 0 Å². The molecule has 0 aliphatic carbocycles. The molecule has 2 fully saturated rings. The third-order valence-electron chi connectivity index (χ3n) is 3.36. The van der Waals surface area contributed by atoms with Gasteiger partial charge in [-0.2, -0.15) is 16.8 Å². The topological polar surface area (TPSA) is 97.5 Å². The van der Waals surface area contributed by atoms with Gasteiger partial charge in [-0.1, -0.05) is 11.8 Å². The number of aliphatic imine (C=N–C) groups is 1. The SMILES string of the molecule is N=C(N=C(N)N)SC1CCOC2(CCSCC2)C1. The highest BCUT2D eigenvalue weighted by molar-refractivity contribution is 8.14. The number of hydrogen-bond acceptors (Lipinski definition) is 4. The molecule has 1 unspecified atom stereocenters. The molecule has 2 heterocycles. The quantitative estimate of drug-likeness (QED) is 0.500.